The number of H-pyrrole nitrogens is 1. The zero-order valence-corrected chi connectivity index (χ0v) is 10.8. The molecule has 0 amide bonds. The molecule has 2 aromatic rings. The Balaban J connectivity index is 2.31. The predicted octanol–water partition coefficient (Wildman–Crippen LogP) is 2.64. The Morgan fingerprint density at radius 2 is 2.00 bits per heavy atom. The first-order valence-corrected chi connectivity index (χ1v) is 6.78. The highest BCUT2D eigenvalue weighted by Gasteiger charge is 2.08. The normalized spacial score (nSPS) is 10.8. The molecule has 1 aromatic heterocycles. The molecule has 0 atom stereocenters. The van der Waals surface area contributed by atoms with Crippen LogP contribution in [-0.2, 0) is 6.42 Å². The number of rotatable bonds is 4. The Hall–Kier alpha value is -1.26. The molecule has 0 aliphatic carbocycles. The molecule has 0 fully saturated rings. The Labute approximate surface area is 105 Å². The van der Waals surface area contributed by atoms with E-state index in [2.05, 4.69) is 40.5 Å². The molecule has 0 aliphatic heterocycles. The van der Waals surface area contributed by atoms with Crippen molar-refractivity contribution in [3.8, 4) is 11.3 Å². The summed E-state index contributed by atoms with van der Waals surface area (Å²) in [5.41, 5.74) is 3.13. The van der Waals surface area contributed by atoms with Gasteiger partial charge in [-0.1, -0.05) is 12.1 Å². The van der Waals surface area contributed by atoms with Gasteiger partial charge in [-0.2, -0.15) is 0 Å². The second kappa shape index (κ2) is 5.38. The lowest BCUT2D eigenvalue weighted by atomic mass is 10.1. The fourth-order valence-electron chi connectivity index (χ4n) is 1.78. The smallest absolute Gasteiger partial charge is 0.109 e. The van der Waals surface area contributed by atoms with E-state index in [1.807, 2.05) is 6.92 Å². The number of thioether (sulfide) groups is 1. The Morgan fingerprint density at radius 3 is 2.59 bits per heavy atom. The van der Waals surface area contributed by atoms with Crippen LogP contribution in [0.1, 0.15) is 11.5 Å². The van der Waals surface area contributed by atoms with Crippen LogP contribution >= 0.6 is 11.8 Å². The van der Waals surface area contributed by atoms with Gasteiger partial charge in [0, 0.05) is 22.6 Å². The molecule has 2 N–H and O–H groups in total. The molecule has 0 saturated heterocycles. The Kier molecular flexibility index (Phi) is 3.86. The zero-order chi connectivity index (χ0) is 12.3. The van der Waals surface area contributed by atoms with Crippen molar-refractivity contribution >= 4 is 11.8 Å². The average Bonchev–Trinajstić information content (AvgIpc) is 2.71. The van der Waals surface area contributed by atoms with E-state index in [4.69, 9.17) is 5.11 Å². The summed E-state index contributed by atoms with van der Waals surface area (Å²) in [6.45, 7) is 2.13. The summed E-state index contributed by atoms with van der Waals surface area (Å²) in [5, 5.41) is 8.90. The van der Waals surface area contributed by atoms with Gasteiger partial charge in [0.25, 0.3) is 0 Å². The van der Waals surface area contributed by atoms with Gasteiger partial charge >= 0.3 is 0 Å². The van der Waals surface area contributed by atoms with Crippen molar-refractivity contribution in [1.82, 2.24) is 9.97 Å². The average molecular weight is 248 g/mol. The topological polar surface area (TPSA) is 48.9 Å². The summed E-state index contributed by atoms with van der Waals surface area (Å²) < 4.78 is 0. The minimum Gasteiger partial charge on any atom is -0.396 e. The van der Waals surface area contributed by atoms with Crippen LogP contribution in [0.4, 0.5) is 0 Å². The summed E-state index contributed by atoms with van der Waals surface area (Å²) in [7, 11) is 0. The first kappa shape index (κ1) is 12.2. The van der Waals surface area contributed by atoms with Crippen LogP contribution in [0.15, 0.2) is 29.2 Å². The molecule has 0 aliphatic rings. The van der Waals surface area contributed by atoms with Gasteiger partial charge in [-0.05, 0) is 25.3 Å². The number of aryl methyl sites for hydroxylation is 1. The fourth-order valence-corrected chi connectivity index (χ4v) is 2.18. The summed E-state index contributed by atoms with van der Waals surface area (Å²) in [6, 6.07) is 8.36. The van der Waals surface area contributed by atoms with E-state index < -0.39 is 0 Å². The molecule has 2 rings (SSSR count). The number of aliphatic hydroxyl groups excluding tert-OH is 1. The largest absolute Gasteiger partial charge is 0.396 e. The van der Waals surface area contributed by atoms with Gasteiger partial charge in [-0.25, -0.2) is 4.98 Å². The first-order valence-electron chi connectivity index (χ1n) is 5.55. The molecule has 3 nitrogen and oxygen atoms in total. The first-order chi connectivity index (χ1) is 8.24. The second-order valence-corrected chi connectivity index (χ2v) is 4.74. The Morgan fingerprint density at radius 1 is 1.29 bits per heavy atom. The van der Waals surface area contributed by atoms with Crippen molar-refractivity contribution in [2.24, 2.45) is 0 Å². The maximum absolute atomic E-state index is 8.90. The molecule has 0 saturated carbocycles. The highest BCUT2D eigenvalue weighted by molar-refractivity contribution is 7.98. The monoisotopic (exact) mass is 248 g/mol. The van der Waals surface area contributed by atoms with E-state index in [1.54, 1.807) is 11.8 Å². The maximum atomic E-state index is 8.90. The van der Waals surface area contributed by atoms with E-state index >= 15 is 0 Å². The summed E-state index contributed by atoms with van der Waals surface area (Å²) in [4.78, 5) is 8.95. The number of aromatic nitrogens is 2. The predicted molar refractivity (Wildman–Crippen MR) is 71.3 cm³/mol. The fraction of sp³-hybridized carbons (Fsp3) is 0.308. The van der Waals surface area contributed by atoms with Crippen molar-refractivity contribution in [1.29, 1.82) is 0 Å². The minimum atomic E-state index is 0.123. The molecule has 90 valence electrons. The van der Waals surface area contributed by atoms with Crippen molar-refractivity contribution < 1.29 is 5.11 Å². The lowest BCUT2D eigenvalue weighted by molar-refractivity contribution is 0.297. The van der Waals surface area contributed by atoms with E-state index in [1.165, 1.54) is 4.90 Å². The molecule has 0 unspecified atom stereocenters. The van der Waals surface area contributed by atoms with Crippen molar-refractivity contribution in [3.63, 3.8) is 0 Å². The third kappa shape index (κ3) is 2.70. The van der Waals surface area contributed by atoms with Crippen LogP contribution in [0.2, 0.25) is 0 Å². The van der Waals surface area contributed by atoms with Crippen LogP contribution in [0, 0.1) is 6.92 Å². The molecule has 0 bridgehead atoms. The zero-order valence-electron chi connectivity index (χ0n) is 10.0. The number of benzene rings is 1. The van der Waals surface area contributed by atoms with E-state index in [0.29, 0.717) is 6.42 Å². The molecule has 17 heavy (non-hydrogen) atoms. The standard InChI is InChI=1S/C13H16N2OS/c1-9-13(15-12(14-9)7-8-16)10-3-5-11(17-2)6-4-10/h3-6,16H,7-8H2,1-2H3,(H,14,15). The highest BCUT2D eigenvalue weighted by Crippen LogP contribution is 2.24. The lowest BCUT2D eigenvalue weighted by Gasteiger charge is -2.00. The third-order valence-corrected chi connectivity index (χ3v) is 3.39. The summed E-state index contributed by atoms with van der Waals surface area (Å²) in [6.07, 6.45) is 2.64. The molecule has 1 aromatic carbocycles. The number of aliphatic hydroxyl groups is 1. The highest BCUT2D eigenvalue weighted by atomic mass is 32.2. The van der Waals surface area contributed by atoms with Crippen molar-refractivity contribution in [2.45, 2.75) is 18.2 Å². The van der Waals surface area contributed by atoms with Gasteiger partial charge in [0.05, 0.1) is 12.3 Å². The number of nitrogens with zero attached hydrogens (tertiary/aromatic N) is 1. The number of aromatic amines is 1. The van der Waals surface area contributed by atoms with E-state index in [0.717, 1.165) is 22.8 Å². The summed E-state index contributed by atoms with van der Waals surface area (Å²) >= 11 is 1.73. The second-order valence-electron chi connectivity index (χ2n) is 3.86. The van der Waals surface area contributed by atoms with Gasteiger partial charge in [0.1, 0.15) is 5.82 Å². The molecule has 4 heteroatoms. The summed E-state index contributed by atoms with van der Waals surface area (Å²) in [5.74, 6) is 0.842. The number of hydrogen-bond acceptors (Lipinski definition) is 3. The molecule has 0 radical (unpaired) electrons. The third-order valence-electron chi connectivity index (χ3n) is 2.65. The van der Waals surface area contributed by atoms with Gasteiger partial charge in [-0.15, -0.1) is 11.8 Å². The molecule has 0 spiro atoms. The maximum Gasteiger partial charge on any atom is 0.109 e. The molecule has 1 heterocycles. The van der Waals surface area contributed by atoms with E-state index in [-0.39, 0.29) is 6.61 Å². The van der Waals surface area contributed by atoms with Crippen LogP contribution < -0.4 is 0 Å². The SMILES string of the molecule is CSc1ccc(-c2nc(CCO)[nH]c2C)cc1. The number of nitrogens with one attached hydrogen (secondary N) is 1. The van der Waals surface area contributed by atoms with Crippen LogP contribution in [0.3, 0.4) is 0 Å². The van der Waals surface area contributed by atoms with Crippen LogP contribution in [0.5, 0.6) is 0 Å². The van der Waals surface area contributed by atoms with E-state index in [9.17, 15) is 0 Å². The molecular formula is C13H16N2OS. The van der Waals surface area contributed by atoms with Gasteiger partial charge < -0.3 is 10.1 Å². The quantitative estimate of drug-likeness (QED) is 0.818. The van der Waals surface area contributed by atoms with Gasteiger partial charge in [-0.3, -0.25) is 0 Å². The van der Waals surface area contributed by atoms with Gasteiger partial charge in [0.2, 0.25) is 0 Å². The van der Waals surface area contributed by atoms with Crippen LogP contribution in [-0.4, -0.2) is 27.9 Å². The van der Waals surface area contributed by atoms with Gasteiger partial charge in [0.15, 0.2) is 0 Å². The van der Waals surface area contributed by atoms with Crippen molar-refractivity contribution in [2.75, 3.05) is 12.9 Å². The Bertz CT molecular complexity index is 491. The van der Waals surface area contributed by atoms with Crippen LogP contribution in [0.25, 0.3) is 11.3 Å². The number of imidazole rings is 1. The number of hydrogen-bond donors (Lipinski definition) is 2. The lowest BCUT2D eigenvalue weighted by Crippen LogP contribution is -1.92. The van der Waals surface area contributed by atoms with Crippen molar-refractivity contribution in [3.05, 3.63) is 35.8 Å². The minimum absolute atomic E-state index is 0.123. The molecular weight excluding hydrogens is 232 g/mol.